The average Bonchev–Trinajstić information content (AvgIpc) is 3.15. The molecule has 0 bridgehead atoms. The zero-order valence-electron chi connectivity index (χ0n) is 21.3. The van der Waals surface area contributed by atoms with E-state index in [0.29, 0.717) is 0 Å². The Morgan fingerprint density at radius 1 is 0.735 bits per heavy atom. The van der Waals surface area contributed by atoms with Crippen LogP contribution in [0.4, 0.5) is 0 Å². The van der Waals surface area contributed by atoms with E-state index < -0.39 is 0 Å². The van der Waals surface area contributed by atoms with Crippen molar-refractivity contribution in [3.63, 3.8) is 0 Å². The number of rotatable bonds is 14. The largest absolute Gasteiger partial charge is 0.508 e. The van der Waals surface area contributed by atoms with Crippen LogP contribution in [0.5, 0.6) is 11.5 Å². The first-order chi connectivity index (χ1) is 16.5. The highest BCUT2D eigenvalue weighted by Crippen LogP contribution is 2.40. The Balaban J connectivity index is 1.84. The summed E-state index contributed by atoms with van der Waals surface area (Å²) in [5.74, 6) is 1.78. The van der Waals surface area contributed by atoms with Crippen molar-refractivity contribution in [1.82, 2.24) is 4.57 Å². The zero-order valence-corrected chi connectivity index (χ0v) is 21.3. The molecule has 0 aliphatic heterocycles. The number of phenolic OH excluding ortho intramolecular Hbond substituents is 2. The van der Waals surface area contributed by atoms with Gasteiger partial charge in [0, 0.05) is 6.92 Å². The third kappa shape index (κ3) is 6.65. The summed E-state index contributed by atoms with van der Waals surface area (Å²) < 4.78 is 4.48. The normalized spacial score (nSPS) is 11.7. The monoisotopic (exact) mass is 463 g/mol. The number of aromatic hydroxyl groups is 2. The fourth-order valence-electron chi connectivity index (χ4n) is 5.07. The number of imidazole rings is 1. The SMILES string of the molecule is CCCCCCCCCCCC(Cn1cc[n+](C)c1C)(c1ccc(O)cc1)c1ccc(O)cc1. The molecule has 3 aromatic rings. The Labute approximate surface area is 205 Å². The van der Waals surface area contributed by atoms with Crippen LogP contribution in [0.2, 0.25) is 0 Å². The summed E-state index contributed by atoms with van der Waals surface area (Å²) in [6.45, 7) is 5.23. The fourth-order valence-corrected chi connectivity index (χ4v) is 5.07. The lowest BCUT2D eigenvalue weighted by atomic mass is 9.70. The van der Waals surface area contributed by atoms with Crippen LogP contribution in [0.15, 0.2) is 60.9 Å². The molecule has 2 N–H and O–H groups in total. The minimum Gasteiger partial charge on any atom is -0.508 e. The summed E-state index contributed by atoms with van der Waals surface area (Å²) >= 11 is 0. The first kappa shape index (κ1) is 25.9. The number of aryl methyl sites for hydroxylation is 1. The predicted octanol–water partition coefficient (Wildman–Crippen LogP) is 6.94. The van der Waals surface area contributed by atoms with Gasteiger partial charge in [-0.1, -0.05) is 89.0 Å². The second-order valence-corrected chi connectivity index (χ2v) is 9.84. The van der Waals surface area contributed by atoms with Crippen molar-refractivity contribution in [3.8, 4) is 11.5 Å². The van der Waals surface area contributed by atoms with Crippen molar-refractivity contribution in [2.75, 3.05) is 0 Å². The van der Waals surface area contributed by atoms with E-state index in [9.17, 15) is 10.2 Å². The number of aromatic nitrogens is 2. The summed E-state index contributed by atoms with van der Waals surface area (Å²) in [5.41, 5.74) is 2.15. The molecule has 0 aliphatic rings. The summed E-state index contributed by atoms with van der Waals surface area (Å²) in [5, 5.41) is 20.0. The number of unbranched alkanes of at least 4 members (excludes halogenated alkanes) is 8. The first-order valence-electron chi connectivity index (χ1n) is 13.1. The maximum atomic E-state index is 9.98. The number of nitrogens with zero attached hydrogens (tertiary/aromatic N) is 2. The third-order valence-electron chi connectivity index (χ3n) is 7.38. The minimum absolute atomic E-state index is 0.251. The molecule has 0 fully saturated rings. The maximum absolute atomic E-state index is 9.98. The molecule has 0 atom stereocenters. The van der Waals surface area contributed by atoms with Gasteiger partial charge >= 0.3 is 0 Å². The summed E-state index contributed by atoms with van der Waals surface area (Å²) in [6.07, 6.45) is 17.0. The summed E-state index contributed by atoms with van der Waals surface area (Å²) in [4.78, 5) is 0. The van der Waals surface area contributed by atoms with E-state index in [2.05, 4.69) is 66.7 Å². The quantitative estimate of drug-likeness (QED) is 0.201. The van der Waals surface area contributed by atoms with Gasteiger partial charge in [-0.05, 0) is 41.8 Å². The van der Waals surface area contributed by atoms with E-state index in [-0.39, 0.29) is 16.9 Å². The Bertz CT molecular complexity index is 944. The molecule has 3 rings (SSSR count). The molecule has 0 saturated heterocycles. The van der Waals surface area contributed by atoms with Gasteiger partial charge in [0.25, 0.3) is 5.82 Å². The Kier molecular flexibility index (Phi) is 9.62. The van der Waals surface area contributed by atoms with Gasteiger partial charge < -0.3 is 10.2 Å². The van der Waals surface area contributed by atoms with Crippen molar-refractivity contribution in [1.29, 1.82) is 0 Å². The first-order valence-corrected chi connectivity index (χ1v) is 13.1. The highest BCUT2D eigenvalue weighted by atomic mass is 16.3. The molecule has 2 aromatic carbocycles. The zero-order chi connectivity index (χ0) is 24.4. The van der Waals surface area contributed by atoms with Gasteiger partial charge in [0.2, 0.25) is 0 Å². The number of phenols is 2. The third-order valence-corrected chi connectivity index (χ3v) is 7.38. The van der Waals surface area contributed by atoms with Crippen molar-refractivity contribution >= 4 is 0 Å². The van der Waals surface area contributed by atoms with Crippen LogP contribution in [0.1, 0.15) is 88.1 Å². The molecular formula is C30H43N2O2+. The molecule has 0 amide bonds. The Morgan fingerprint density at radius 3 is 1.65 bits per heavy atom. The van der Waals surface area contributed by atoms with E-state index in [1.54, 1.807) is 24.3 Å². The van der Waals surface area contributed by atoms with Crippen LogP contribution in [0, 0.1) is 6.92 Å². The average molecular weight is 464 g/mol. The minimum atomic E-state index is -0.251. The molecule has 34 heavy (non-hydrogen) atoms. The van der Waals surface area contributed by atoms with Crippen LogP contribution in [-0.4, -0.2) is 14.8 Å². The molecule has 0 saturated carbocycles. The van der Waals surface area contributed by atoms with E-state index in [1.807, 2.05) is 0 Å². The van der Waals surface area contributed by atoms with Gasteiger partial charge in [0.05, 0.1) is 12.5 Å². The van der Waals surface area contributed by atoms with Crippen LogP contribution in [0.3, 0.4) is 0 Å². The molecule has 4 nitrogen and oxygen atoms in total. The molecule has 1 heterocycles. The molecule has 0 unspecified atom stereocenters. The smallest absolute Gasteiger partial charge is 0.253 e. The molecule has 4 heteroatoms. The van der Waals surface area contributed by atoms with Crippen molar-refractivity contribution in [2.24, 2.45) is 7.05 Å². The second kappa shape index (κ2) is 12.6. The van der Waals surface area contributed by atoms with Gasteiger partial charge in [0.1, 0.15) is 30.4 Å². The van der Waals surface area contributed by atoms with Crippen molar-refractivity contribution < 1.29 is 14.8 Å². The molecular weight excluding hydrogens is 420 g/mol. The predicted molar refractivity (Wildman–Crippen MR) is 139 cm³/mol. The molecule has 1 aromatic heterocycles. The molecule has 184 valence electrons. The van der Waals surface area contributed by atoms with Crippen LogP contribution >= 0.6 is 0 Å². The molecule has 0 aliphatic carbocycles. The maximum Gasteiger partial charge on any atom is 0.253 e. The Morgan fingerprint density at radius 2 is 1.21 bits per heavy atom. The van der Waals surface area contributed by atoms with E-state index in [4.69, 9.17) is 0 Å². The van der Waals surface area contributed by atoms with E-state index >= 15 is 0 Å². The second-order valence-electron chi connectivity index (χ2n) is 9.84. The van der Waals surface area contributed by atoms with Crippen LogP contribution in [-0.2, 0) is 19.0 Å². The van der Waals surface area contributed by atoms with Gasteiger partial charge in [-0.15, -0.1) is 0 Å². The summed E-state index contributed by atoms with van der Waals surface area (Å²) in [6, 6.07) is 15.4. The standard InChI is InChI=1S/C30H42N2O2/c1-4-5-6-7-8-9-10-11-12-21-30(26-13-17-28(33)18-14-26,27-15-19-29(34)20-16-27)24-32-23-22-31(3)25(32)2/h13-20,22-23H,4-12,21,24H2,1-3H3,(H-,33,34)/p+1. The number of hydrogen-bond donors (Lipinski definition) is 2. The molecule has 0 spiro atoms. The highest BCUT2D eigenvalue weighted by molar-refractivity contribution is 5.43. The lowest BCUT2D eigenvalue weighted by Crippen LogP contribution is -2.36. The van der Waals surface area contributed by atoms with Crippen molar-refractivity contribution in [3.05, 3.63) is 77.9 Å². The van der Waals surface area contributed by atoms with Crippen LogP contribution in [0.25, 0.3) is 0 Å². The Hall–Kier alpha value is -2.75. The van der Waals surface area contributed by atoms with E-state index in [1.165, 1.54) is 68.3 Å². The summed E-state index contributed by atoms with van der Waals surface area (Å²) in [7, 11) is 2.08. The lowest BCUT2D eigenvalue weighted by molar-refractivity contribution is -0.677. The van der Waals surface area contributed by atoms with E-state index in [0.717, 1.165) is 19.4 Å². The van der Waals surface area contributed by atoms with Crippen LogP contribution < -0.4 is 4.57 Å². The van der Waals surface area contributed by atoms with Crippen molar-refractivity contribution in [2.45, 2.75) is 90.0 Å². The van der Waals surface area contributed by atoms with Gasteiger partial charge in [-0.2, -0.15) is 0 Å². The lowest BCUT2D eigenvalue weighted by Gasteiger charge is -2.34. The number of benzene rings is 2. The fraction of sp³-hybridized carbons (Fsp3) is 0.500. The van der Waals surface area contributed by atoms with Gasteiger partial charge in [-0.25, -0.2) is 9.13 Å². The topological polar surface area (TPSA) is 49.3 Å². The van der Waals surface area contributed by atoms with Gasteiger partial charge in [0.15, 0.2) is 0 Å². The van der Waals surface area contributed by atoms with Gasteiger partial charge in [-0.3, -0.25) is 0 Å². The number of hydrogen-bond acceptors (Lipinski definition) is 2. The molecule has 0 radical (unpaired) electrons. The highest BCUT2D eigenvalue weighted by Gasteiger charge is 2.37.